The Morgan fingerprint density at radius 2 is 1.82 bits per heavy atom. The fraction of sp³-hybridized carbons (Fsp3) is 0.269. The van der Waals surface area contributed by atoms with Gasteiger partial charge in [0.1, 0.15) is 12.1 Å². The number of hydrogen-bond donors (Lipinski definition) is 0. The Kier molecular flexibility index (Phi) is 5.87. The summed E-state index contributed by atoms with van der Waals surface area (Å²) in [6, 6.07) is 14.8. The molecule has 2 aliphatic rings. The lowest BCUT2D eigenvalue weighted by molar-refractivity contribution is -0.129. The van der Waals surface area contributed by atoms with Crippen molar-refractivity contribution >= 4 is 34.8 Å². The van der Waals surface area contributed by atoms with Crippen LogP contribution in [-0.2, 0) is 4.79 Å². The van der Waals surface area contributed by atoms with Gasteiger partial charge < -0.3 is 14.5 Å². The first kappa shape index (κ1) is 22.2. The zero-order valence-corrected chi connectivity index (χ0v) is 19.9. The number of rotatable bonds is 3. The van der Waals surface area contributed by atoms with Crippen LogP contribution in [0.25, 0.3) is 0 Å². The number of halogens is 1. The molecule has 0 saturated carbocycles. The SMILES string of the molecule is Cc1ccc(C)c(N2CCN(C(=O)CN3C(=O)c4cccnc4Oc4ccc(Cl)cc43)CC2)c1. The van der Waals surface area contributed by atoms with Gasteiger partial charge in [-0.15, -0.1) is 0 Å². The zero-order chi connectivity index (χ0) is 23.8. The number of amides is 2. The maximum absolute atomic E-state index is 13.4. The monoisotopic (exact) mass is 476 g/mol. The molecule has 0 spiro atoms. The predicted octanol–water partition coefficient (Wildman–Crippen LogP) is 4.45. The predicted molar refractivity (Wildman–Crippen MR) is 132 cm³/mol. The molecule has 1 aromatic heterocycles. The van der Waals surface area contributed by atoms with Gasteiger partial charge in [-0.25, -0.2) is 4.98 Å². The molecule has 34 heavy (non-hydrogen) atoms. The Morgan fingerprint density at radius 1 is 1.03 bits per heavy atom. The van der Waals surface area contributed by atoms with Crippen LogP contribution >= 0.6 is 11.6 Å². The van der Waals surface area contributed by atoms with Crippen molar-refractivity contribution in [3.8, 4) is 11.6 Å². The van der Waals surface area contributed by atoms with Crippen molar-refractivity contribution in [3.05, 3.63) is 76.4 Å². The highest BCUT2D eigenvalue weighted by molar-refractivity contribution is 6.31. The Hall–Kier alpha value is -3.58. The van der Waals surface area contributed by atoms with Gasteiger partial charge in [0, 0.05) is 43.1 Å². The van der Waals surface area contributed by atoms with Crippen LogP contribution in [0.3, 0.4) is 0 Å². The molecule has 5 rings (SSSR count). The van der Waals surface area contributed by atoms with Crippen molar-refractivity contribution in [3.63, 3.8) is 0 Å². The summed E-state index contributed by atoms with van der Waals surface area (Å²) >= 11 is 6.23. The average Bonchev–Trinajstić information content (AvgIpc) is 2.95. The molecule has 3 aromatic rings. The molecule has 8 heteroatoms. The van der Waals surface area contributed by atoms with Crippen LogP contribution in [0.15, 0.2) is 54.7 Å². The maximum atomic E-state index is 13.4. The van der Waals surface area contributed by atoms with Gasteiger partial charge in [0.05, 0.1) is 5.69 Å². The number of ether oxygens (including phenoxy) is 1. The van der Waals surface area contributed by atoms with E-state index in [1.165, 1.54) is 21.7 Å². The van der Waals surface area contributed by atoms with Gasteiger partial charge in [0.15, 0.2) is 5.75 Å². The van der Waals surface area contributed by atoms with E-state index in [-0.39, 0.29) is 24.2 Å². The summed E-state index contributed by atoms with van der Waals surface area (Å²) in [7, 11) is 0. The Bertz CT molecular complexity index is 1270. The van der Waals surface area contributed by atoms with E-state index in [1.54, 1.807) is 36.5 Å². The topological polar surface area (TPSA) is 66.0 Å². The third-order valence-corrected chi connectivity index (χ3v) is 6.53. The van der Waals surface area contributed by atoms with E-state index in [2.05, 4.69) is 41.9 Å². The number of hydrogen-bond acceptors (Lipinski definition) is 5. The molecule has 3 heterocycles. The summed E-state index contributed by atoms with van der Waals surface area (Å²) in [6.07, 6.45) is 1.57. The highest BCUT2D eigenvalue weighted by Gasteiger charge is 2.32. The highest BCUT2D eigenvalue weighted by atomic mass is 35.5. The standard InChI is InChI=1S/C26H25ClN4O3/c1-17-5-6-18(2)21(14-17)29-10-12-30(13-11-29)24(32)16-31-22-15-19(27)7-8-23(22)34-25-20(26(31)33)4-3-9-28-25/h3-9,14-15H,10-13,16H2,1-2H3. The first-order chi connectivity index (χ1) is 16.4. The molecule has 0 aliphatic carbocycles. The fourth-order valence-electron chi connectivity index (χ4n) is 4.43. The van der Waals surface area contributed by atoms with E-state index < -0.39 is 0 Å². The van der Waals surface area contributed by atoms with Crippen LogP contribution in [0.1, 0.15) is 21.5 Å². The molecule has 2 aromatic carbocycles. The minimum Gasteiger partial charge on any atom is -0.436 e. The molecule has 2 aliphatic heterocycles. The summed E-state index contributed by atoms with van der Waals surface area (Å²) in [5.74, 6) is 0.189. The molecule has 7 nitrogen and oxygen atoms in total. The number of anilines is 2. The van der Waals surface area contributed by atoms with Gasteiger partial charge in [-0.1, -0.05) is 23.7 Å². The van der Waals surface area contributed by atoms with E-state index >= 15 is 0 Å². The van der Waals surface area contributed by atoms with Gasteiger partial charge in [0.2, 0.25) is 11.8 Å². The Morgan fingerprint density at radius 3 is 2.62 bits per heavy atom. The van der Waals surface area contributed by atoms with E-state index in [4.69, 9.17) is 16.3 Å². The molecular weight excluding hydrogens is 452 g/mol. The van der Waals surface area contributed by atoms with Gasteiger partial charge in [-0.05, 0) is 61.4 Å². The molecule has 2 amide bonds. The van der Waals surface area contributed by atoms with Gasteiger partial charge in [0.25, 0.3) is 5.91 Å². The number of carbonyl (C=O) groups is 2. The fourth-order valence-corrected chi connectivity index (χ4v) is 4.60. The van der Waals surface area contributed by atoms with Gasteiger partial charge >= 0.3 is 0 Å². The third kappa shape index (κ3) is 4.19. The molecule has 0 N–H and O–H groups in total. The van der Waals surface area contributed by atoms with E-state index in [0.717, 1.165) is 13.1 Å². The smallest absolute Gasteiger partial charge is 0.264 e. The zero-order valence-electron chi connectivity index (χ0n) is 19.1. The average molecular weight is 477 g/mol. The first-order valence-corrected chi connectivity index (χ1v) is 11.6. The Balaban J connectivity index is 1.35. The molecule has 0 bridgehead atoms. The van der Waals surface area contributed by atoms with Crippen LogP contribution in [-0.4, -0.2) is 54.4 Å². The van der Waals surface area contributed by atoms with Crippen molar-refractivity contribution in [1.29, 1.82) is 0 Å². The van der Waals surface area contributed by atoms with Crippen molar-refractivity contribution in [2.45, 2.75) is 13.8 Å². The van der Waals surface area contributed by atoms with Gasteiger partial charge in [-0.2, -0.15) is 0 Å². The highest BCUT2D eigenvalue weighted by Crippen LogP contribution is 2.39. The molecular formula is C26H25ClN4O3. The van der Waals surface area contributed by atoms with Crippen molar-refractivity contribution in [2.24, 2.45) is 0 Å². The number of aromatic nitrogens is 1. The number of nitrogens with zero attached hydrogens (tertiary/aromatic N) is 4. The molecule has 1 fully saturated rings. The van der Waals surface area contributed by atoms with E-state index in [1.807, 2.05) is 4.90 Å². The first-order valence-electron chi connectivity index (χ1n) is 11.2. The third-order valence-electron chi connectivity index (χ3n) is 6.30. The lowest BCUT2D eigenvalue weighted by Crippen LogP contribution is -2.52. The normalized spacial score (nSPS) is 15.4. The van der Waals surface area contributed by atoms with Crippen LogP contribution in [0.5, 0.6) is 11.6 Å². The molecule has 0 unspecified atom stereocenters. The number of benzene rings is 2. The summed E-state index contributed by atoms with van der Waals surface area (Å²) < 4.78 is 5.91. The summed E-state index contributed by atoms with van der Waals surface area (Å²) in [5, 5.41) is 0.452. The Labute approximate surface area is 203 Å². The number of aryl methyl sites for hydroxylation is 2. The quantitative estimate of drug-likeness (QED) is 0.558. The van der Waals surface area contributed by atoms with Crippen molar-refractivity contribution < 1.29 is 14.3 Å². The largest absolute Gasteiger partial charge is 0.436 e. The molecule has 0 atom stereocenters. The minimum atomic E-state index is -0.341. The lowest BCUT2D eigenvalue weighted by Gasteiger charge is -2.37. The second-order valence-corrected chi connectivity index (χ2v) is 9.06. The summed E-state index contributed by atoms with van der Waals surface area (Å²) in [4.78, 5) is 36.5. The van der Waals surface area contributed by atoms with E-state index in [0.29, 0.717) is 35.1 Å². The van der Waals surface area contributed by atoms with Crippen molar-refractivity contribution in [1.82, 2.24) is 9.88 Å². The molecule has 174 valence electrons. The minimum absolute atomic E-state index is 0.104. The maximum Gasteiger partial charge on any atom is 0.264 e. The van der Waals surface area contributed by atoms with Crippen LogP contribution in [0, 0.1) is 13.8 Å². The van der Waals surface area contributed by atoms with Crippen LogP contribution in [0.4, 0.5) is 11.4 Å². The summed E-state index contributed by atoms with van der Waals surface area (Å²) in [6.45, 7) is 6.74. The van der Waals surface area contributed by atoms with Gasteiger partial charge in [-0.3, -0.25) is 14.5 Å². The second-order valence-electron chi connectivity index (χ2n) is 8.62. The van der Waals surface area contributed by atoms with E-state index in [9.17, 15) is 9.59 Å². The number of piperazine rings is 1. The number of fused-ring (bicyclic) bond motifs is 2. The lowest BCUT2D eigenvalue weighted by atomic mass is 10.1. The summed E-state index contributed by atoms with van der Waals surface area (Å²) in [5.41, 5.74) is 4.41. The molecule has 0 radical (unpaired) electrons. The van der Waals surface area contributed by atoms with Crippen LogP contribution in [0.2, 0.25) is 5.02 Å². The van der Waals surface area contributed by atoms with Crippen molar-refractivity contribution in [2.75, 3.05) is 42.5 Å². The number of pyridine rings is 1. The second kappa shape index (κ2) is 8.99. The number of carbonyl (C=O) groups excluding carboxylic acids is 2. The van der Waals surface area contributed by atoms with Crippen LogP contribution < -0.4 is 14.5 Å². The molecule has 1 saturated heterocycles.